The maximum Gasteiger partial charge on any atom is 0.469 e. The largest absolute Gasteiger partial charge is 0.469 e. The van der Waals surface area contributed by atoms with Crippen molar-refractivity contribution in [3.05, 3.63) is 22.7 Å². The maximum atomic E-state index is 11.7. The van der Waals surface area contributed by atoms with Crippen LogP contribution in [-0.4, -0.2) is 49.0 Å². The zero-order chi connectivity index (χ0) is 15.8. The first-order chi connectivity index (χ1) is 9.69. The first-order valence-electron chi connectivity index (χ1n) is 5.61. The lowest BCUT2D eigenvalue weighted by Gasteiger charge is -2.16. The number of carbonyl (C=O) groups excluding carboxylic acids is 1. The average Bonchev–Trinajstić information content (AvgIpc) is 2.64. The smallest absolute Gasteiger partial charge is 0.383 e. The summed E-state index contributed by atoms with van der Waals surface area (Å²) in [7, 11) is -4.78. The molecule has 0 aromatic carbocycles. The predicted octanol–water partition coefficient (Wildman–Crippen LogP) is -2.24. The van der Waals surface area contributed by atoms with E-state index in [9.17, 15) is 19.3 Å². The topological polar surface area (TPSA) is 174 Å². The average molecular weight is 321 g/mol. The molecule has 2 rings (SSSR count). The van der Waals surface area contributed by atoms with E-state index >= 15 is 0 Å². The number of aliphatic hydroxyl groups excluding tert-OH is 1. The summed E-state index contributed by atoms with van der Waals surface area (Å²) >= 11 is 0. The Bertz CT molecular complexity index is 655. The number of aliphatic hydroxyl groups is 1. The lowest BCUT2D eigenvalue weighted by molar-refractivity contribution is -0.128. The van der Waals surface area contributed by atoms with E-state index in [-0.39, 0.29) is 5.82 Å². The van der Waals surface area contributed by atoms with Gasteiger partial charge in [-0.25, -0.2) is 9.36 Å². The molecule has 1 aromatic rings. The van der Waals surface area contributed by atoms with Gasteiger partial charge in [-0.15, -0.1) is 0 Å². The number of phosphoric acid groups is 1. The van der Waals surface area contributed by atoms with Gasteiger partial charge in [0, 0.05) is 6.20 Å². The third-order valence-corrected chi connectivity index (χ3v) is 3.19. The molecule has 21 heavy (non-hydrogen) atoms. The van der Waals surface area contributed by atoms with E-state index < -0.39 is 44.3 Å². The molecular weight excluding hydrogens is 309 g/mol. The number of hydrogen-bond donors (Lipinski definition) is 4. The molecular formula is C9H12N3O8P. The summed E-state index contributed by atoms with van der Waals surface area (Å²) in [6.45, 7) is -0.756. The molecule has 1 aliphatic heterocycles. The third-order valence-electron chi connectivity index (χ3n) is 2.70. The molecule has 1 aliphatic rings. The van der Waals surface area contributed by atoms with Gasteiger partial charge < -0.3 is 25.4 Å². The van der Waals surface area contributed by atoms with Gasteiger partial charge in [0.25, 0.3) is 0 Å². The number of anilines is 1. The van der Waals surface area contributed by atoms with Crippen LogP contribution < -0.4 is 11.4 Å². The van der Waals surface area contributed by atoms with Crippen LogP contribution in [0.3, 0.4) is 0 Å². The molecule has 5 N–H and O–H groups in total. The van der Waals surface area contributed by atoms with E-state index in [0.717, 1.165) is 4.57 Å². The predicted molar refractivity (Wildman–Crippen MR) is 65.8 cm³/mol. The number of phosphoric ester groups is 1. The highest BCUT2D eigenvalue weighted by Crippen LogP contribution is 2.37. The van der Waals surface area contributed by atoms with Crippen molar-refractivity contribution >= 4 is 19.4 Å². The Hall–Kier alpha value is -1.62. The molecule has 0 bridgehead atoms. The number of nitrogens with zero attached hydrogens (tertiary/aromatic N) is 2. The molecule has 12 heteroatoms. The lowest BCUT2D eigenvalue weighted by Crippen LogP contribution is -2.33. The van der Waals surface area contributed by atoms with Gasteiger partial charge in [-0.3, -0.25) is 13.9 Å². The minimum absolute atomic E-state index is 0.0450. The molecule has 3 atom stereocenters. The quantitative estimate of drug-likeness (QED) is 0.444. The Labute approximate surface area is 117 Å². The molecule has 1 unspecified atom stereocenters. The molecule has 116 valence electrons. The standard InChI is InChI=1S/C9H12N3O8P/c10-5-1-2-12(9(15)11-5)8-7(14)6(13)4(20-8)3-19-21(16,17)18/h1-2,4,7-8,14H,3H2,(H2,10,11,15)(H2,16,17,18)/t4?,7-,8+/m0/s1. The van der Waals surface area contributed by atoms with Gasteiger partial charge in [0.1, 0.15) is 11.9 Å². The van der Waals surface area contributed by atoms with Crippen LogP contribution in [0.25, 0.3) is 0 Å². The Balaban J connectivity index is 2.18. The molecule has 0 saturated carbocycles. The second-order valence-electron chi connectivity index (χ2n) is 4.19. The van der Waals surface area contributed by atoms with Crippen LogP contribution in [0.15, 0.2) is 17.1 Å². The Morgan fingerprint density at radius 2 is 2.14 bits per heavy atom. The molecule has 0 spiro atoms. The van der Waals surface area contributed by atoms with Crippen molar-refractivity contribution in [2.24, 2.45) is 0 Å². The molecule has 0 aliphatic carbocycles. The second-order valence-corrected chi connectivity index (χ2v) is 5.43. The van der Waals surface area contributed by atoms with Gasteiger partial charge >= 0.3 is 13.5 Å². The number of aromatic nitrogens is 2. The van der Waals surface area contributed by atoms with Crippen molar-refractivity contribution in [2.75, 3.05) is 12.3 Å². The van der Waals surface area contributed by atoms with Crippen LogP contribution >= 0.6 is 7.82 Å². The number of Topliss-reactive ketones (excluding diaryl/α,β-unsaturated/α-hetero) is 1. The van der Waals surface area contributed by atoms with Gasteiger partial charge in [0.15, 0.2) is 18.1 Å². The van der Waals surface area contributed by atoms with Gasteiger partial charge in [-0.1, -0.05) is 0 Å². The lowest BCUT2D eigenvalue weighted by atomic mass is 10.2. The van der Waals surface area contributed by atoms with Crippen LogP contribution in [0.5, 0.6) is 0 Å². The number of nitrogen functional groups attached to an aromatic ring is 1. The number of rotatable bonds is 4. The summed E-state index contributed by atoms with van der Waals surface area (Å²) in [6, 6.07) is 1.27. The van der Waals surface area contributed by atoms with E-state index in [4.69, 9.17) is 20.3 Å². The third kappa shape index (κ3) is 3.53. The van der Waals surface area contributed by atoms with Crippen molar-refractivity contribution in [1.29, 1.82) is 0 Å². The first kappa shape index (κ1) is 15.8. The molecule has 0 amide bonds. The van der Waals surface area contributed by atoms with Crippen molar-refractivity contribution in [2.45, 2.75) is 18.4 Å². The Morgan fingerprint density at radius 1 is 1.48 bits per heavy atom. The second kappa shape index (κ2) is 5.64. The van der Waals surface area contributed by atoms with Crippen molar-refractivity contribution in [3.8, 4) is 0 Å². The molecule has 1 aromatic heterocycles. The fraction of sp³-hybridized carbons (Fsp3) is 0.444. The van der Waals surface area contributed by atoms with E-state index in [0.29, 0.717) is 0 Å². The highest BCUT2D eigenvalue weighted by molar-refractivity contribution is 7.46. The molecule has 0 radical (unpaired) electrons. The van der Waals surface area contributed by atoms with E-state index in [1.165, 1.54) is 12.3 Å². The van der Waals surface area contributed by atoms with E-state index in [1.54, 1.807) is 0 Å². The number of nitrogens with two attached hydrogens (primary N) is 1. The molecule has 11 nitrogen and oxygen atoms in total. The van der Waals surface area contributed by atoms with Crippen LogP contribution in [0.1, 0.15) is 6.23 Å². The Morgan fingerprint density at radius 3 is 2.71 bits per heavy atom. The van der Waals surface area contributed by atoms with Crippen LogP contribution in [-0.2, 0) is 18.6 Å². The maximum absolute atomic E-state index is 11.7. The zero-order valence-corrected chi connectivity index (χ0v) is 11.3. The summed E-state index contributed by atoms with van der Waals surface area (Å²) in [5.41, 5.74) is 4.47. The van der Waals surface area contributed by atoms with Crippen LogP contribution in [0.2, 0.25) is 0 Å². The highest BCUT2D eigenvalue weighted by atomic mass is 31.2. The monoisotopic (exact) mass is 321 g/mol. The number of ketones is 1. The molecule has 1 fully saturated rings. The normalized spacial score (nSPS) is 26.2. The zero-order valence-electron chi connectivity index (χ0n) is 10.4. The summed E-state index contributed by atoms with van der Waals surface area (Å²) in [4.78, 5) is 43.9. The van der Waals surface area contributed by atoms with Crippen molar-refractivity contribution < 1.29 is 33.5 Å². The summed E-state index contributed by atoms with van der Waals surface area (Å²) in [6.07, 6.45) is -3.30. The van der Waals surface area contributed by atoms with Gasteiger partial charge in [0.05, 0.1) is 6.61 Å². The Kier molecular flexibility index (Phi) is 4.23. The van der Waals surface area contributed by atoms with E-state index in [1.807, 2.05) is 0 Å². The fourth-order valence-electron chi connectivity index (χ4n) is 1.76. The van der Waals surface area contributed by atoms with Crippen molar-refractivity contribution in [1.82, 2.24) is 9.55 Å². The van der Waals surface area contributed by atoms with Gasteiger partial charge in [0.2, 0.25) is 0 Å². The highest BCUT2D eigenvalue weighted by Gasteiger charge is 2.44. The van der Waals surface area contributed by atoms with Crippen molar-refractivity contribution in [3.63, 3.8) is 0 Å². The van der Waals surface area contributed by atoms with Gasteiger partial charge in [-0.2, -0.15) is 4.98 Å². The van der Waals surface area contributed by atoms with Crippen LogP contribution in [0.4, 0.5) is 5.82 Å². The summed E-state index contributed by atoms with van der Waals surface area (Å²) in [5.74, 6) is -0.909. The minimum Gasteiger partial charge on any atom is -0.383 e. The molecule has 1 saturated heterocycles. The summed E-state index contributed by atoms with van der Waals surface area (Å²) in [5, 5.41) is 9.76. The van der Waals surface area contributed by atoms with Gasteiger partial charge in [-0.05, 0) is 6.07 Å². The van der Waals surface area contributed by atoms with E-state index in [2.05, 4.69) is 9.51 Å². The minimum atomic E-state index is -4.78. The SMILES string of the molecule is Nc1ccn([C@@H]2OC(COP(=O)(O)O)C(=O)[C@@H]2O)c(=O)n1. The first-order valence-corrected chi connectivity index (χ1v) is 7.14. The van der Waals surface area contributed by atoms with Crippen LogP contribution in [0, 0.1) is 0 Å². The number of carbonyl (C=O) groups is 1. The number of hydrogen-bond acceptors (Lipinski definition) is 8. The molecule has 2 heterocycles. The summed E-state index contributed by atoms with van der Waals surface area (Å²) < 4.78 is 20.7. The fourth-order valence-corrected chi connectivity index (χ4v) is 2.09. The number of ether oxygens (including phenoxy) is 1.